The molecule has 0 saturated carbocycles. The minimum atomic E-state index is -0.962. The van der Waals surface area contributed by atoms with Gasteiger partial charge in [-0.3, -0.25) is 4.79 Å². The summed E-state index contributed by atoms with van der Waals surface area (Å²) in [5.41, 5.74) is 6.51. The molecule has 2 bridgehead atoms. The van der Waals surface area contributed by atoms with Crippen LogP contribution in [0.2, 0.25) is 0 Å². The summed E-state index contributed by atoms with van der Waals surface area (Å²) in [5.74, 6) is 0.803. The SMILES string of the molecule is CCO[C@@H](SCC)[C@@]12CCCN1C(=O)C1=CC(OC)C2(OCc2ccccc2)C=C1N. The van der Waals surface area contributed by atoms with Gasteiger partial charge in [-0.1, -0.05) is 37.3 Å². The second kappa shape index (κ2) is 8.98. The van der Waals surface area contributed by atoms with Crippen LogP contribution in [0.3, 0.4) is 0 Å². The zero-order valence-electron chi connectivity index (χ0n) is 18.5. The lowest BCUT2D eigenvalue weighted by atomic mass is 9.72. The normalized spacial score (nSPS) is 30.6. The number of ether oxygens (including phenoxy) is 3. The van der Waals surface area contributed by atoms with Crippen molar-refractivity contribution >= 4 is 17.7 Å². The van der Waals surface area contributed by atoms with E-state index in [0.717, 1.165) is 24.2 Å². The number of carbonyl (C=O) groups is 1. The molecule has 0 spiro atoms. The van der Waals surface area contributed by atoms with Gasteiger partial charge in [0.1, 0.15) is 22.7 Å². The maximum atomic E-state index is 13.7. The van der Waals surface area contributed by atoms with Crippen molar-refractivity contribution in [3.63, 3.8) is 0 Å². The van der Waals surface area contributed by atoms with Gasteiger partial charge in [0.25, 0.3) is 5.91 Å². The van der Waals surface area contributed by atoms with E-state index in [2.05, 4.69) is 6.92 Å². The van der Waals surface area contributed by atoms with E-state index in [1.165, 1.54) is 0 Å². The number of rotatable bonds is 9. The highest BCUT2D eigenvalue weighted by Gasteiger charge is 2.69. The molecule has 4 aliphatic rings. The average molecular weight is 445 g/mol. The standard InChI is InChI=1S/C24H32N2O4S/c1-4-29-22(31-5-2)23-12-9-13-26(23)21(27)18-14-20(28-3)24(23,15-19(18)25)30-16-17-10-7-6-8-11-17/h6-8,10-11,14-15,20,22H,4-5,9,12-13,16,25H2,1-3H3/t20?,22-,23+,24?/m0/s1. The molecule has 1 saturated heterocycles. The van der Waals surface area contributed by atoms with Gasteiger partial charge in [0.15, 0.2) is 0 Å². The number of nitrogens with zero attached hydrogens (tertiary/aromatic N) is 1. The number of methoxy groups -OCH3 is 1. The van der Waals surface area contributed by atoms with Gasteiger partial charge in [-0.15, -0.1) is 11.8 Å². The lowest BCUT2D eigenvalue weighted by Crippen LogP contribution is -2.71. The highest BCUT2D eigenvalue weighted by molar-refractivity contribution is 7.99. The van der Waals surface area contributed by atoms with Crippen molar-refractivity contribution in [2.24, 2.45) is 5.73 Å². The highest BCUT2D eigenvalue weighted by atomic mass is 32.2. The van der Waals surface area contributed by atoms with Crippen LogP contribution in [0.15, 0.2) is 53.8 Å². The number of carbonyl (C=O) groups excluding carboxylic acids is 1. The molecule has 2 N–H and O–H groups in total. The second-order valence-electron chi connectivity index (χ2n) is 8.13. The Balaban J connectivity index is 1.89. The van der Waals surface area contributed by atoms with Gasteiger partial charge in [0, 0.05) is 26.0 Å². The minimum absolute atomic E-state index is 0.0580. The summed E-state index contributed by atoms with van der Waals surface area (Å²) in [6.07, 6.45) is 4.97. The van der Waals surface area contributed by atoms with Crippen molar-refractivity contribution < 1.29 is 19.0 Å². The van der Waals surface area contributed by atoms with E-state index in [1.54, 1.807) is 18.9 Å². The lowest BCUT2D eigenvalue weighted by molar-refractivity contribution is -0.192. The van der Waals surface area contributed by atoms with Crippen LogP contribution in [-0.2, 0) is 25.6 Å². The van der Waals surface area contributed by atoms with Crippen molar-refractivity contribution in [2.75, 3.05) is 26.0 Å². The molecule has 0 aromatic heterocycles. The number of benzene rings is 1. The van der Waals surface area contributed by atoms with Crippen LogP contribution < -0.4 is 5.73 Å². The van der Waals surface area contributed by atoms with E-state index < -0.39 is 17.2 Å². The number of hydrogen-bond acceptors (Lipinski definition) is 6. The molecule has 1 amide bonds. The topological polar surface area (TPSA) is 74.0 Å². The van der Waals surface area contributed by atoms with Crippen LogP contribution >= 0.6 is 11.8 Å². The number of amides is 1. The smallest absolute Gasteiger partial charge is 0.256 e. The van der Waals surface area contributed by atoms with Crippen molar-refractivity contribution in [3.05, 3.63) is 59.3 Å². The van der Waals surface area contributed by atoms with Gasteiger partial charge in [0.2, 0.25) is 0 Å². The molecular formula is C24H32N2O4S. The first-order valence-electron chi connectivity index (χ1n) is 11.0. The fourth-order valence-corrected chi connectivity index (χ4v) is 6.57. The molecule has 1 aromatic rings. The predicted molar refractivity (Wildman–Crippen MR) is 122 cm³/mol. The van der Waals surface area contributed by atoms with Crippen molar-refractivity contribution in [1.82, 2.24) is 4.90 Å². The monoisotopic (exact) mass is 444 g/mol. The molecule has 1 aromatic carbocycles. The molecular weight excluding hydrogens is 412 g/mol. The van der Waals surface area contributed by atoms with Crippen molar-refractivity contribution in [2.45, 2.75) is 56.0 Å². The largest absolute Gasteiger partial charge is 0.398 e. The van der Waals surface area contributed by atoms with E-state index in [0.29, 0.717) is 31.0 Å². The highest BCUT2D eigenvalue weighted by Crippen LogP contribution is 2.55. The average Bonchev–Trinajstić information content (AvgIpc) is 3.19. The summed E-state index contributed by atoms with van der Waals surface area (Å²) in [4.78, 5) is 15.6. The molecule has 168 valence electrons. The number of nitrogens with two attached hydrogens (primary N) is 1. The third-order valence-electron chi connectivity index (χ3n) is 6.60. The molecule has 0 radical (unpaired) electrons. The van der Waals surface area contributed by atoms with Crippen LogP contribution in [0.5, 0.6) is 0 Å². The molecule has 3 heterocycles. The minimum Gasteiger partial charge on any atom is -0.398 e. The Kier molecular flexibility index (Phi) is 6.49. The number of hydrogen-bond donors (Lipinski definition) is 1. The molecule has 1 aliphatic carbocycles. The number of fused-ring (bicyclic) bond motifs is 1. The summed E-state index contributed by atoms with van der Waals surface area (Å²) in [5, 5.41) is 0. The summed E-state index contributed by atoms with van der Waals surface area (Å²) < 4.78 is 19.1. The van der Waals surface area contributed by atoms with Gasteiger partial charge in [-0.05, 0) is 43.2 Å². The zero-order chi connectivity index (χ0) is 22.1. The third kappa shape index (κ3) is 3.42. The van der Waals surface area contributed by atoms with Crippen LogP contribution in [0.25, 0.3) is 0 Å². The molecule has 31 heavy (non-hydrogen) atoms. The molecule has 7 heteroatoms. The van der Waals surface area contributed by atoms with Gasteiger partial charge in [-0.25, -0.2) is 0 Å². The maximum Gasteiger partial charge on any atom is 0.256 e. The quantitative estimate of drug-likeness (QED) is 0.590. The maximum absolute atomic E-state index is 13.7. The fourth-order valence-electron chi connectivity index (χ4n) is 5.33. The molecule has 3 aliphatic heterocycles. The molecule has 2 unspecified atom stereocenters. The Labute approximate surface area is 188 Å². The third-order valence-corrected chi connectivity index (χ3v) is 7.76. The Bertz CT molecular complexity index is 868. The van der Waals surface area contributed by atoms with Crippen molar-refractivity contribution in [1.29, 1.82) is 0 Å². The van der Waals surface area contributed by atoms with E-state index >= 15 is 0 Å². The molecule has 4 atom stereocenters. The van der Waals surface area contributed by atoms with Gasteiger partial charge < -0.3 is 24.8 Å². The zero-order valence-corrected chi connectivity index (χ0v) is 19.3. The van der Waals surface area contributed by atoms with Crippen LogP contribution in [-0.4, -0.2) is 59.5 Å². The van der Waals surface area contributed by atoms with Crippen LogP contribution in [0, 0.1) is 0 Å². The molecule has 1 fully saturated rings. The summed E-state index contributed by atoms with van der Waals surface area (Å²) in [6, 6.07) is 10.1. The predicted octanol–water partition coefficient (Wildman–Crippen LogP) is 3.23. The Morgan fingerprint density at radius 1 is 1.29 bits per heavy atom. The first-order chi connectivity index (χ1) is 15.0. The number of thioether (sulfide) groups is 1. The second-order valence-corrected chi connectivity index (χ2v) is 9.47. The van der Waals surface area contributed by atoms with E-state index in [1.807, 2.05) is 54.3 Å². The van der Waals surface area contributed by atoms with E-state index in [9.17, 15) is 4.79 Å². The Morgan fingerprint density at radius 2 is 2.06 bits per heavy atom. The van der Waals surface area contributed by atoms with E-state index in [-0.39, 0.29) is 11.3 Å². The first-order valence-corrected chi connectivity index (χ1v) is 12.0. The van der Waals surface area contributed by atoms with Gasteiger partial charge in [-0.2, -0.15) is 0 Å². The Morgan fingerprint density at radius 3 is 2.74 bits per heavy atom. The van der Waals surface area contributed by atoms with Crippen molar-refractivity contribution in [3.8, 4) is 0 Å². The molecule has 6 nitrogen and oxygen atoms in total. The van der Waals surface area contributed by atoms with Crippen LogP contribution in [0.1, 0.15) is 32.3 Å². The van der Waals surface area contributed by atoms with E-state index in [4.69, 9.17) is 19.9 Å². The Hall–Kier alpha value is -1.80. The summed E-state index contributed by atoms with van der Waals surface area (Å²) in [6.45, 7) is 5.68. The van der Waals surface area contributed by atoms with Gasteiger partial charge >= 0.3 is 0 Å². The van der Waals surface area contributed by atoms with Gasteiger partial charge in [0.05, 0.1) is 12.2 Å². The summed E-state index contributed by atoms with van der Waals surface area (Å²) in [7, 11) is 1.67. The molecule has 5 rings (SSSR count). The lowest BCUT2D eigenvalue weighted by Gasteiger charge is -2.54. The fraction of sp³-hybridized carbons (Fsp3) is 0.542. The van der Waals surface area contributed by atoms with Crippen LogP contribution in [0.4, 0.5) is 0 Å². The first kappa shape index (κ1) is 22.4. The summed E-state index contributed by atoms with van der Waals surface area (Å²) >= 11 is 1.71.